The minimum atomic E-state index is -1.23. The van der Waals surface area contributed by atoms with Crippen molar-refractivity contribution in [1.29, 1.82) is 0 Å². The third-order valence-corrected chi connectivity index (χ3v) is 11.5. The maximum Gasteiger partial charge on any atom is 1.00 e. The van der Waals surface area contributed by atoms with Gasteiger partial charge in [0.25, 0.3) is 0 Å². The zero-order valence-corrected chi connectivity index (χ0v) is 45.1. The van der Waals surface area contributed by atoms with Crippen LogP contribution in [0.25, 0.3) is 11.1 Å². The fourth-order valence-corrected chi connectivity index (χ4v) is 7.05. The van der Waals surface area contributed by atoms with Crippen molar-refractivity contribution in [2.75, 3.05) is 135 Å². The van der Waals surface area contributed by atoms with Crippen LogP contribution < -0.4 is 50.1 Å². The van der Waals surface area contributed by atoms with Crippen molar-refractivity contribution in [3.8, 4) is 11.1 Å². The molecule has 0 bridgehead atoms. The number of aromatic carboxylic acids is 1. The summed E-state index contributed by atoms with van der Waals surface area (Å²) in [5.74, 6) is -2.04. The number of hydrogen-bond acceptors (Lipinski definition) is 19. The van der Waals surface area contributed by atoms with E-state index in [0.29, 0.717) is 22.8 Å². The second kappa shape index (κ2) is 31.4. The molecule has 4 aromatic heterocycles. The predicted octanol–water partition coefficient (Wildman–Crippen LogP) is 1.65. The molecule has 3 aliphatic heterocycles. The van der Waals surface area contributed by atoms with Gasteiger partial charge in [-0.2, -0.15) is 0 Å². The number of benzene rings is 1. The number of piperazine rings is 3. The van der Waals surface area contributed by atoms with Crippen LogP contribution in [0.1, 0.15) is 52.2 Å². The van der Waals surface area contributed by atoms with Crippen LogP contribution in [0.15, 0.2) is 102 Å². The van der Waals surface area contributed by atoms with Crippen molar-refractivity contribution in [2.24, 2.45) is 0 Å². The molecule has 388 valence electrons. The average molecular weight is 1060 g/mol. The van der Waals surface area contributed by atoms with E-state index in [1.54, 1.807) is 61.3 Å². The maximum absolute atomic E-state index is 11.7. The van der Waals surface area contributed by atoms with E-state index < -0.39 is 29.6 Å². The maximum atomic E-state index is 11.7. The van der Waals surface area contributed by atoms with Gasteiger partial charge in [-0.05, 0) is 130 Å². The van der Waals surface area contributed by atoms with Crippen molar-refractivity contribution in [3.05, 3.63) is 119 Å². The number of ether oxygens (including phenoxy) is 3. The molecule has 7 heterocycles. The average Bonchev–Trinajstić information content (AvgIpc) is 3.38. The first kappa shape index (κ1) is 61.1. The van der Waals surface area contributed by atoms with Gasteiger partial charge < -0.3 is 59.7 Å². The second-order valence-electron chi connectivity index (χ2n) is 17.7. The topological polar surface area (TPSA) is 237 Å². The summed E-state index contributed by atoms with van der Waals surface area (Å²) in [4.78, 5) is 71.5. The van der Waals surface area contributed by atoms with Gasteiger partial charge in [-0.25, -0.2) is 24.4 Å². The summed E-state index contributed by atoms with van der Waals surface area (Å²) in [6, 6.07) is 19.5. The quantitative estimate of drug-likeness (QED) is 0.0910. The van der Waals surface area contributed by atoms with E-state index in [-0.39, 0.29) is 24.6 Å². The first-order valence-electron chi connectivity index (χ1n) is 23.3. The van der Waals surface area contributed by atoms with Crippen molar-refractivity contribution >= 4 is 62.7 Å². The Kier molecular flexibility index (Phi) is 26.3. The number of aromatic nitrogens is 4. The number of rotatable bonds is 7. The fourth-order valence-electron chi connectivity index (χ4n) is 6.81. The molecule has 3 aliphatic rings. The fraction of sp³-hybridized carbons (Fsp3) is 0.412. The van der Waals surface area contributed by atoms with Crippen LogP contribution in [0.3, 0.4) is 0 Å². The molecule has 1 amide bonds. The van der Waals surface area contributed by atoms with Gasteiger partial charge in [0, 0.05) is 102 Å². The van der Waals surface area contributed by atoms with Crippen molar-refractivity contribution in [1.82, 2.24) is 40.0 Å². The standard InChI is InChI=1S/C16H19N3O2.C12H17N3O2.C11H15N3O2.C7H6BrNO2.C5H12N2.Li/c1-16(2,3)21-15(20)19-14-5-4-12(10-13(14)17)11-6-8-18-9-7-11;1-14-5-7-15(8-6-14)10-3-4-11(13-9-10)12(16)17-2;1-13-4-6-14(7-5-13)9-2-3-10(11(15)16)12-8-9;1-11-7(10)6-3-2-5(8)4-9-6;1-7-4-2-6-3-5-7;/h4-10H,17H2,1-3H3,(H,19,20);3-4,9H,5-8H2,1-2H3;2-3,8H,4-7H2,1H3,(H,15,16);2-4H,1H3;6H,2-5H2,1H3;/q;;;;;+1/p-1. The summed E-state index contributed by atoms with van der Waals surface area (Å²) in [5, 5.41) is 16.5. The molecular weight excluding hydrogens is 995 g/mol. The summed E-state index contributed by atoms with van der Waals surface area (Å²) >= 11 is 3.20. The molecular formula is C51H68BrLiN12O8. The van der Waals surface area contributed by atoms with E-state index in [9.17, 15) is 24.3 Å². The predicted molar refractivity (Wildman–Crippen MR) is 281 cm³/mol. The molecule has 4 N–H and O–H groups in total. The van der Waals surface area contributed by atoms with Gasteiger partial charge in [0.1, 0.15) is 17.0 Å². The Morgan fingerprint density at radius 3 is 1.49 bits per heavy atom. The molecule has 3 fully saturated rings. The first-order chi connectivity index (χ1) is 34.3. The third-order valence-electron chi connectivity index (χ3n) is 11.0. The third kappa shape index (κ3) is 22.2. The number of halogens is 1. The monoisotopic (exact) mass is 1060 g/mol. The number of hydrogen-bond donors (Lipinski definition) is 3. The number of carboxylic acid groups (broad SMARTS) is 1. The van der Waals surface area contributed by atoms with E-state index in [2.05, 4.69) is 102 Å². The Hall–Kier alpha value is -6.18. The van der Waals surface area contributed by atoms with E-state index in [1.165, 1.54) is 33.4 Å². The normalized spacial score (nSPS) is 14.8. The first-order valence-corrected chi connectivity index (χ1v) is 24.1. The number of methoxy groups -OCH3 is 2. The summed E-state index contributed by atoms with van der Waals surface area (Å²) in [6.07, 6.45) is 7.79. The van der Waals surface area contributed by atoms with Gasteiger partial charge in [0.2, 0.25) is 0 Å². The van der Waals surface area contributed by atoms with Crippen LogP contribution in [0.4, 0.5) is 27.5 Å². The molecule has 73 heavy (non-hydrogen) atoms. The van der Waals surface area contributed by atoms with Crippen LogP contribution in [0.2, 0.25) is 0 Å². The van der Waals surface area contributed by atoms with Crippen molar-refractivity contribution in [2.45, 2.75) is 26.4 Å². The van der Waals surface area contributed by atoms with Crippen LogP contribution >= 0.6 is 15.9 Å². The molecule has 0 unspecified atom stereocenters. The molecule has 8 rings (SSSR count). The Morgan fingerprint density at radius 2 is 1.11 bits per heavy atom. The van der Waals surface area contributed by atoms with Crippen molar-refractivity contribution in [3.63, 3.8) is 0 Å². The van der Waals surface area contributed by atoms with Gasteiger partial charge >= 0.3 is 36.9 Å². The number of carbonyl (C=O) groups excluding carboxylic acids is 4. The zero-order valence-electron chi connectivity index (χ0n) is 43.5. The number of nitrogens with two attached hydrogens (primary N) is 1. The van der Waals surface area contributed by atoms with Gasteiger partial charge in [-0.1, -0.05) is 6.07 Å². The Bertz CT molecular complexity index is 2430. The number of carboxylic acids is 1. The van der Waals surface area contributed by atoms with E-state index in [1.807, 2.05) is 51.1 Å². The number of esters is 2. The number of nitrogens with one attached hydrogen (secondary N) is 2. The smallest absolute Gasteiger partial charge is 0.543 e. The van der Waals surface area contributed by atoms with Gasteiger partial charge in [-0.3, -0.25) is 15.3 Å². The van der Waals surface area contributed by atoms with Gasteiger partial charge in [0.05, 0.1) is 61.0 Å². The summed E-state index contributed by atoms with van der Waals surface area (Å²) in [7, 11) is 9.05. The summed E-state index contributed by atoms with van der Waals surface area (Å²) < 4.78 is 15.1. The molecule has 0 radical (unpaired) electrons. The molecule has 0 spiro atoms. The Morgan fingerprint density at radius 1 is 0.644 bits per heavy atom. The SMILES string of the molecule is CC(C)(C)OC(=O)Nc1ccc(-c2ccncc2)cc1N.CN1CCN(c2ccc(C(=O)[O-])nc2)CC1.CN1CCNCC1.COC(=O)c1ccc(Br)cn1.COC(=O)c1ccc(N2CCN(C)CC2)cn1.[Li+]. The molecule has 0 saturated carbocycles. The van der Waals surface area contributed by atoms with Crippen LogP contribution in [-0.2, 0) is 14.2 Å². The number of likely N-dealkylation sites (N-methyl/N-ethyl adjacent to an activating group) is 3. The number of nitrogen functional groups attached to an aromatic ring is 1. The van der Waals surface area contributed by atoms with Crippen LogP contribution in [0, 0.1) is 0 Å². The Balaban J connectivity index is 0.000000249. The van der Waals surface area contributed by atoms with E-state index >= 15 is 0 Å². The second-order valence-corrected chi connectivity index (χ2v) is 18.6. The summed E-state index contributed by atoms with van der Waals surface area (Å²) in [5.41, 5.74) is 11.1. The molecule has 22 heteroatoms. The van der Waals surface area contributed by atoms with Crippen LogP contribution in [-0.4, -0.2) is 178 Å². The van der Waals surface area contributed by atoms with E-state index in [4.69, 9.17) is 10.5 Å². The molecule has 5 aromatic rings. The number of nitrogens with zero attached hydrogens (tertiary/aromatic N) is 9. The van der Waals surface area contributed by atoms with Crippen molar-refractivity contribution < 1.29 is 57.4 Å². The number of anilines is 4. The molecule has 0 aliphatic carbocycles. The molecule has 20 nitrogen and oxygen atoms in total. The largest absolute Gasteiger partial charge is 1.00 e. The minimum Gasteiger partial charge on any atom is -0.543 e. The Labute approximate surface area is 449 Å². The number of carbonyl (C=O) groups is 4. The molecule has 1 aromatic carbocycles. The molecule has 0 atom stereocenters. The number of amides is 1. The minimum absolute atomic E-state index is 0. The summed E-state index contributed by atoms with van der Waals surface area (Å²) in [6.45, 7) is 18.2. The molecule has 3 saturated heterocycles. The zero-order chi connectivity index (χ0) is 52.6. The van der Waals surface area contributed by atoms with Gasteiger partial charge in [0.15, 0.2) is 0 Å². The van der Waals surface area contributed by atoms with E-state index in [0.717, 1.165) is 92.4 Å². The van der Waals surface area contributed by atoms with Gasteiger partial charge in [-0.15, -0.1) is 0 Å². The van der Waals surface area contributed by atoms with Crippen LogP contribution in [0.5, 0.6) is 0 Å². The number of pyridine rings is 4.